The van der Waals surface area contributed by atoms with E-state index < -0.39 is 0 Å². The number of hydrogen-bond donors (Lipinski definition) is 2. The van der Waals surface area contributed by atoms with E-state index in [9.17, 15) is 4.79 Å². The third-order valence-electron chi connectivity index (χ3n) is 3.24. The van der Waals surface area contributed by atoms with Crippen LogP contribution in [0, 0.1) is 12.8 Å². The lowest BCUT2D eigenvalue weighted by molar-refractivity contribution is -0.119. The van der Waals surface area contributed by atoms with Gasteiger partial charge < -0.3 is 15.4 Å². The summed E-state index contributed by atoms with van der Waals surface area (Å²) in [7, 11) is 0. The molecule has 1 aromatic carbocycles. The van der Waals surface area contributed by atoms with Gasteiger partial charge in [0.1, 0.15) is 5.75 Å². The maximum atomic E-state index is 12.0. The fourth-order valence-electron chi connectivity index (χ4n) is 2.24. The van der Waals surface area contributed by atoms with Gasteiger partial charge in [0.05, 0.1) is 12.0 Å². The third kappa shape index (κ3) is 4.39. The van der Waals surface area contributed by atoms with Crippen molar-refractivity contribution in [2.24, 2.45) is 5.92 Å². The predicted octanol–water partition coefficient (Wildman–Crippen LogP) is 2.75. The Hall–Kier alpha value is -1.26. The Kier molecular flexibility index (Phi) is 6.30. The fraction of sp³-hybridized carbons (Fsp3) is 0.533. The summed E-state index contributed by atoms with van der Waals surface area (Å²) in [4.78, 5) is 12.0. The van der Waals surface area contributed by atoms with E-state index in [0.717, 1.165) is 36.5 Å². The van der Waals surface area contributed by atoms with Gasteiger partial charge in [0.2, 0.25) is 5.91 Å². The van der Waals surface area contributed by atoms with Gasteiger partial charge in [-0.25, -0.2) is 0 Å². The second-order valence-corrected chi connectivity index (χ2v) is 5.33. The second-order valence-electron chi connectivity index (χ2n) is 5.33. The van der Waals surface area contributed by atoms with E-state index in [1.54, 1.807) is 0 Å². The van der Waals surface area contributed by atoms with E-state index >= 15 is 0 Å². The van der Waals surface area contributed by atoms with Crippen LogP contribution in [-0.4, -0.2) is 25.1 Å². The van der Waals surface area contributed by atoms with Gasteiger partial charge >= 0.3 is 0 Å². The molecule has 1 amide bonds. The molecule has 1 heterocycles. The van der Waals surface area contributed by atoms with E-state index in [-0.39, 0.29) is 30.3 Å². The van der Waals surface area contributed by atoms with Gasteiger partial charge in [0, 0.05) is 12.2 Å². The number of hydrogen-bond acceptors (Lipinski definition) is 3. The molecule has 0 radical (unpaired) electrons. The zero-order chi connectivity index (χ0) is 13.8. The van der Waals surface area contributed by atoms with Gasteiger partial charge in [0.25, 0.3) is 0 Å². The van der Waals surface area contributed by atoms with Crippen LogP contribution in [0.5, 0.6) is 5.75 Å². The Balaban J connectivity index is 0.00000200. The summed E-state index contributed by atoms with van der Waals surface area (Å²) in [5.41, 5.74) is 1.88. The highest BCUT2D eigenvalue weighted by atomic mass is 35.5. The van der Waals surface area contributed by atoms with Crippen molar-refractivity contribution in [3.63, 3.8) is 0 Å². The molecule has 5 heteroatoms. The van der Waals surface area contributed by atoms with Crippen LogP contribution in [0.15, 0.2) is 18.2 Å². The van der Waals surface area contributed by atoms with Crippen molar-refractivity contribution >= 4 is 24.0 Å². The molecule has 1 saturated heterocycles. The highest BCUT2D eigenvalue weighted by Gasteiger charge is 2.22. The second kappa shape index (κ2) is 7.50. The maximum Gasteiger partial charge on any atom is 0.228 e. The lowest BCUT2D eigenvalue weighted by Crippen LogP contribution is -2.24. The highest BCUT2D eigenvalue weighted by molar-refractivity contribution is 5.93. The molecule has 112 valence electrons. The summed E-state index contributed by atoms with van der Waals surface area (Å²) < 4.78 is 5.68. The van der Waals surface area contributed by atoms with E-state index in [4.69, 9.17) is 4.74 Å². The van der Waals surface area contributed by atoms with Gasteiger partial charge in [-0.15, -0.1) is 12.4 Å². The normalized spacial score (nSPS) is 17.7. The topological polar surface area (TPSA) is 50.4 Å². The Morgan fingerprint density at radius 1 is 1.45 bits per heavy atom. The smallest absolute Gasteiger partial charge is 0.228 e. The van der Waals surface area contributed by atoms with Crippen LogP contribution in [0.3, 0.4) is 0 Å². The summed E-state index contributed by atoms with van der Waals surface area (Å²) in [6, 6.07) is 5.76. The summed E-state index contributed by atoms with van der Waals surface area (Å²) in [6.45, 7) is 7.70. The van der Waals surface area contributed by atoms with E-state index in [1.807, 2.05) is 39.0 Å². The van der Waals surface area contributed by atoms with Crippen molar-refractivity contribution < 1.29 is 9.53 Å². The third-order valence-corrected chi connectivity index (χ3v) is 3.24. The van der Waals surface area contributed by atoms with Gasteiger partial charge in [-0.2, -0.15) is 0 Å². The first-order valence-electron chi connectivity index (χ1n) is 6.85. The molecular formula is C15H23ClN2O2. The number of carbonyl (C=O) groups is 1. The summed E-state index contributed by atoms with van der Waals surface area (Å²) in [5.74, 6) is 1.06. The van der Waals surface area contributed by atoms with Gasteiger partial charge in [-0.1, -0.05) is 0 Å². The van der Waals surface area contributed by atoms with Crippen molar-refractivity contribution in [3.8, 4) is 5.75 Å². The van der Waals surface area contributed by atoms with Crippen molar-refractivity contribution in [1.29, 1.82) is 0 Å². The molecule has 1 unspecified atom stereocenters. The first-order chi connectivity index (χ1) is 9.06. The van der Waals surface area contributed by atoms with Crippen molar-refractivity contribution in [1.82, 2.24) is 5.32 Å². The van der Waals surface area contributed by atoms with Crippen molar-refractivity contribution in [2.45, 2.75) is 33.3 Å². The summed E-state index contributed by atoms with van der Waals surface area (Å²) in [6.07, 6.45) is 1.07. The molecule has 2 N–H and O–H groups in total. The molecular weight excluding hydrogens is 276 g/mol. The van der Waals surface area contributed by atoms with Crippen LogP contribution < -0.4 is 15.4 Å². The number of rotatable bonds is 4. The Morgan fingerprint density at radius 3 is 2.75 bits per heavy atom. The van der Waals surface area contributed by atoms with Gasteiger partial charge in [-0.3, -0.25) is 4.79 Å². The number of aryl methyl sites for hydroxylation is 1. The SMILES string of the molecule is Cc1cc(NC(=O)C2CCNC2)ccc1OC(C)C.Cl. The lowest BCUT2D eigenvalue weighted by Gasteiger charge is -2.14. The molecule has 0 aliphatic carbocycles. The van der Waals surface area contributed by atoms with Gasteiger partial charge in [0.15, 0.2) is 0 Å². The molecule has 20 heavy (non-hydrogen) atoms. The number of carbonyl (C=O) groups excluding carboxylic acids is 1. The molecule has 2 rings (SSSR count). The van der Waals surface area contributed by atoms with Crippen LogP contribution in [0.25, 0.3) is 0 Å². The van der Waals surface area contributed by atoms with Crippen LogP contribution >= 0.6 is 12.4 Å². The molecule has 4 nitrogen and oxygen atoms in total. The average Bonchev–Trinajstić information content (AvgIpc) is 2.86. The van der Waals surface area contributed by atoms with Crippen molar-refractivity contribution in [3.05, 3.63) is 23.8 Å². The van der Waals surface area contributed by atoms with Crippen LogP contribution in [0.1, 0.15) is 25.8 Å². The highest BCUT2D eigenvalue weighted by Crippen LogP contribution is 2.23. The first-order valence-corrected chi connectivity index (χ1v) is 6.85. The lowest BCUT2D eigenvalue weighted by atomic mass is 10.1. The van der Waals surface area contributed by atoms with Crippen molar-refractivity contribution in [2.75, 3.05) is 18.4 Å². The molecule has 1 aliphatic heterocycles. The number of nitrogens with one attached hydrogen (secondary N) is 2. The number of benzene rings is 1. The zero-order valence-corrected chi connectivity index (χ0v) is 13.0. The largest absolute Gasteiger partial charge is 0.491 e. The zero-order valence-electron chi connectivity index (χ0n) is 12.2. The average molecular weight is 299 g/mol. The van der Waals surface area contributed by atoms with Crippen LogP contribution in [0.2, 0.25) is 0 Å². The van der Waals surface area contributed by atoms with Crippen LogP contribution in [-0.2, 0) is 4.79 Å². The summed E-state index contributed by atoms with van der Waals surface area (Å²) >= 11 is 0. The Bertz CT molecular complexity index is 457. The number of ether oxygens (including phenoxy) is 1. The minimum absolute atomic E-state index is 0. The van der Waals surface area contributed by atoms with Gasteiger partial charge in [-0.05, 0) is 57.5 Å². The summed E-state index contributed by atoms with van der Waals surface area (Å²) in [5, 5.41) is 6.17. The number of amides is 1. The van der Waals surface area contributed by atoms with E-state index in [2.05, 4.69) is 10.6 Å². The molecule has 0 spiro atoms. The minimum Gasteiger partial charge on any atom is -0.491 e. The molecule has 0 saturated carbocycles. The Morgan fingerprint density at radius 2 is 2.20 bits per heavy atom. The maximum absolute atomic E-state index is 12.0. The quantitative estimate of drug-likeness (QED) is 0.898. The molecule has 0 aromatic heterocycles. The number of halogens is 1. The first kappa shape index (κ1) is 16.8. The van der Waals surface area contributed by atoms with Crippen LogP contribution in [0.4, 0.5) is 5.69 Å². The number of anilines is 1. The Labute approximate surface area is 126 Å². The minimum atomic E-state index is 0. The predicted molar refractivity (Wildman–Crippen MR) is 83.8 cm³/mol. The molecule has 1 atom stereocenters. The molecule has 1 aliphatic rings. The molecule has 1 fully saturated rings. The van der Waals surface area contributed by atoms with E-state index in [1.165, 1.54) is 0 Å². The monoisotopic (exact) mass is 298 g/mol. The molecule has 1 aromatic rings. The van der Waals surface area contributed by atoms with E-state index in [0.29, 0.717) is 0 Å². The fourth-order valence-corrected chi connectivity index (χ4v) is 2.24. The molecule has 0 bridgehead atoms. The standard InChI is InChI=1S/C15H22N2O2.ClH/c1-10(2)19-14-5-4-13(8-11(14)3)17-15(18)12-6-7-16-9-12;/h4-5,8,10,12,16H,6-7,9H2,1-3H3,(H,17,18);1H.